The van der Waals surface area contributed by atoms with E-state index >= 15 is 0 Å². The molecule has 1 rings (SSSR count). The molecule has 0 bridgehead atoms. The van der Waals surface area contributed by atoms with Gasteiger partial charge in [0.05, 0.1) is 11.3 Å². The molecular weight excluding hydrogens is 327 g/mol. The summed E-state index contributed by atoms with van der Waals surface area (Å²) in [7, 11) is 0. The summed E-state index contributed by atoms with van der Waals surface area (Å²) in [5.41, 5.74) is -0.576. The second-order valence-electron chi connectivity index (χ2n) is 6.09. The molecule has 1 aromatic carbocycles. The maximum atomic E-state index is 12.4. The van der Waals surface area contributed by atoms with Crippen molar-refractivity contribution in [3.05, 3.63) is 29.8 Å². The van der Waals surface area contributed by atoms with Crippen LogP contribution >= 0.6 is 0 Å². The van der Waals surface area contributed by atoms with Gasteiger partial charge in [-0.1, -0.05) is 12.1 Å². The summed E-state index contributed by atoms with van der Waals surface area (Å²) in [4.78, 5) is 23.3. The first-order valence-electron chi connectivity index (χ1n) is 7.24. The predicted octanol–water partition coefficient (Wildman–Crippen LogP) is 3.09. The first kappa shape index (κ1) is 19.8. The molecule has 2 atom stereocenters. The lowest BCUT2D eigenvalue weighted by Gasteiger charge is -2.28. The molecule has 134 valence electrons. The number of carbonyl (C=O) groups excluding carboxylic acids is 1. The molecular formula is C16H20F3NO4. The maximum absolute atomic E-state index is 12.4. The zero-order valence-corrected chi connectivity index (χ0v) is 13.8. The van der Waals surface area contributed by atoms with Crippen LogP contribution in [0.5, 0.6) is 5.75 Å². The van der Waals surface area contributed by atoms with Gasteiger partial charge in [0.2, 0.25) is 5.91 Å². The van der Waals surface area contributed by atoms with E-state index in [0.29, 0.717) is 5.56 Å². The number of carboxylic acid groups (broad SMARTS) is 1. The van der Waals surface area contributed by atoms with Crippen LogP contribution in [0.1, 0.15) is 33.3 Å². The molecule has 5 nitrogen and oxygen atoms in total. The summed E-state index contributed by atoms with van der Waals surface area (Å²) in [6.07, 6.45) is -4.78. The molecule has 8 heteroatoms. The third-order valence-corrected chi connectivity index (χ3v) is 3.88. The van der Waals surface area contributed by atoms with E-state index in [1.807, 2.05) is 0 Å². The van der Waals surface area contributed by atoms with Gasteiger partial charge in [0.1, 0.15) is 5.75 Å². The Morgan fingerprint density at radius 1 is 1.12 bits per heavy atom. The Kier molecular flexibility index (Phi) is 5.86. The SMILES string of the molecule is CC(NC(=O)C(C)(C)c1ccc(OC(F)(F)F)cc1)C(C)C(=O)O. The highest BCUT2D eigenvalue weighted by molar-refractivity contribution is 5.88. The Labute approximate surface area is 137 Å². The Morgan fingerprint density at radius 3 is 2.04 bits per heavy atom. The van der Waals surface area contributed by atoms with Gasteiger partial charge in [-0.2, -0.15) is 0 Å². The number of rotatable bonds is 6. The molecule has 0 radical (unpaired) electrons. The van der Waals surface area contributed by atoms with E-state index in [1.54, 1.807) is 20.8 Å². The van der Waals surface area contributed by atoms with E-state index in [1.165, 1.54) is 19.1 Å². The van der Waals surface area contributed by atoms with Crippen LogP contribution in [-0.2, 0) is 15.0 Å². The van der Waals surface area contributed by atoms with Crippen LogP contribution < -0.4 is 10.1 Å². The second kappa shape index (κ2) is 7.11. The Morgan fingerprint density at radius 2 is 1.62 bits per heavy atom. The van der Waals surface area contributed by atoms with Gasteiger partial charge in [-0.05, 0) is 45.4 Å². The van der Waals surface area contributed by atoms with Crippen LogP contribution in [0.25, 0.3) is 0 Å². The van der Waals surface area contributed by atoms with Crippen molar-refractivity contribution >= 4 is 11.9 Å². The smallest absolute Gasteiger partial charge is 0.481 e. The number of aliphatic carboxylic acids is 1. The molecule has 0 saturated heterocycles. The molecule has 0 aromatic heterocycles. The summed E-state index contributed by atoms with van der Waals surface area (Å²) < 4.78 is 40.2. The van der Waals surface area contributed by atoms with E-state index in [4.69, 9.17) is 5.11 Å². The molecule has 0 aliphatic rings. The first-order chi connectivity index (χ1) is 10.8. The number of benzene rings is 1. The van der Waals surface area contributed by atoms with Crippen molar-refractivity contribution in [1.29, 1.82) is 0 Å². The van der Waals surface area contributed by atoms with E-state index < -0.39 is 35.6 Å². The van der Waals surface area contributed by atoms with Crippen LogP contribution in [0, 0.1) is 5.92 Å². The number of alkyl halides is 3. The zero-order valence-electron chi connectivity index (χ0n) is 13.8. The fourth-order valence-electron chi connectivity index (χ4n) is 1.93. The molecule has 0 heterocycles. The minimum absolute atomic E-state index is 0.379. The van der Waals surface area contributed by atoms with Crippen LogP contribution in [0.2, 0.25) is 0 Å². The molecule has 0 aliphatic carbocycles. The van der Waals surface area contributed by atoms with Gasteiger partial charge < -0.3 is 15.2 Å². The average molecular weight is 347 g/mol. The first-order valence-corrected chi connectivity index (χ1v) is 7.24. The summed E-state index contributed by atoms with van der Waals surface area (Å²) in [6, 6.07) is 4.39. The number of carbonyl (C=O) groups is 2. The molecule has 0 fully saturated rings. The van der Waals surface area contributed by atoms with Gasteiger partial charge in [0, 0.05) is 6.04 Å². The normalized spacial score (nSPS) is 14.6. The molecule has 1 amide bonds. The lowest BCUT2D eigenvalue weighted by molar-refractivity contribution is -0.274. The van der Waals surface area contributed by atoms with Crippen molar-refractivity contribution in [2.24, 2.45) is 5.92 Å². The van der Waals surface area contributed by atoms with Crippen molar-refractivity contribution in [2.75, 3.05) is 0 Å². The van der Waals surface area contributed by atoms with Gasteiger partial charge in [-0.25, -0.2) is 0 Å². The quantitative estimate of drug-likeness (QED) is 0.829. The average Bonchev–Trinajstić information content (AvgIpc) is 2.44. The van der Waals surface area contributed by atoms with Crippen molar-refractivity contribution in [3.63, 3.8) is 0 Å². The van der Waals surface area contributed by atoms with Gasteiger partial charge >= 0.3 is 12.3 Å². The molecule has 0 saturated carbocycles. The van der Waals surface area contributed by atoms with E-state index in [-0.39, 0.29) is 5.75 Å². The Balaban J connectivity index is 2.87. The lowest BCUT2D eigenvalue weighted by Crippen LogP contribution is -2.47. The standard InChI is InChI=1S/C16H20F3NO4/c1-9(13(21)22)10(2)20-14(23)15(3,4)11-5-7-12(8-6-11)24-16(17,18)19/h5-10H,1-4H3,(H,20,23)(H,21,22). The third kappa shape index (κ3) is 5.14. The number of hydrogen-bond acceptors (Lipinski definition) is 3. The van der Waals surface area contributed by atoms with Crippen LogP contribution in [0.15, 0.2) is 24.3 Å². The molecule has 2 N–H and O–H groups in total. The van der Waals surface area contributed by atoms with Gasteiger partial charge in [-0.15, -0.1) is 13.2 Å². The predicted molar refractivity (Wildman–Crippen MR) is 80.6 cm³/mol. The van der Waals surface area contributed by atoms with E-state index in [0.717, 1.165) is 12.1 Å². The largest absolute Gasteiger partial charge is 0.573 e. The van der Waals surface area contributed by atoms with Crippen molar-refractivity contribution in [2.45, 2.75) is 45.5 Å². The Bertz CT molecular complexity index is 596. The van der Waals surface area contributed by atoms with E-state index in [2.05, 4.69) is 10.1 Å². The summed E-state index contributed by atoms with van der Waals surface area (Å²) in [5.74, 6) is -2.61. The van der Waals surface area contributed by atoms with Crippen molar-refractivity contribution < 1.29 is 32.6 Å². The molecule has 24 heavy (non-hydrogen) atoms. The molecule has 0 aliphatic heterocycles. The highest BCUT2D eigenvalue weighted by atomic mass is 19.4. The molecule has 2 unspecified atom stereocenters. The monoisotopic (exact) mass is 347 g/mol. The number of amides is 1. The van der Waals surface area contributed by atoms with Crippen LogP contribution in [-0.4, -0.2) is 29.4 Å². The van der Waals surface area contributed by atoms with Crippen molar-refractivity contribution in [3.8, 4) is 5.75 Å². The fraction of sp³-hybridized carbons (Fsp3) is 0.500. The van der Waals surface area contributed by atoms with Gasteiger partial charge in [-0.3, -0.25) is 9.59 Å². The minimum Gasteiger partial charge on any atom is -0.481 e. The van der Waals surface area contributed by atoms with Crippen LogP contribution in [0.4, 0.5) is 13.2 Å². The minimum atomic E-state index is -4.78. The van der Waals surface area contributed by atoms with Gasteiger partial charge in [0.15, 0.2) is 0 Å². The highest BCUT2D eigenvalue weighted by Gasteiger charge is 2.34. The maximum Gasteiger partial charge on any atom is 0.573 e. The van der Waals surface area contributed by atoms with Crippen LogP contribution in [0.3, 0.4) is 0 Å². The number of halogens is 3. The molecule has 1 aromatic rings. The summed E-state index contributed by atoms with van der Waals surface area (Å²) >= 11 is 0. The third-order valence-electron chi connectivity index (χ3n) is 3.88. The highest BCUT2D eigenvalue weighted by Crippen LogP contribution is 2.28. The lowest BCUT2D eigenvalue weighted by atomic mass is 9.83. The number of hydrogen-bond donors (Lipinski definition) is 2. The number of nitrogens with one attached hydrogen (secondary N) is 1. The number of ether oxygens (including phenoxy) is 1. The van der Waals surface area contributed by atoms with E-state index in [9.17, 15) is 22.8 Å². The molecule has 0 spiro atoms. The van der Waals surface area contributed by atoms with Gasteiger partial charge in [0.25, 0.3) is 0 Å². The fourth-order valence-corrected chi connectivity index (χ4v) is 1.93. The Hall–Kier alpha value is -2.25. The summed E-state index contributed by atoms with van der Waals surface area (Å²) in [6.45, 7) is 6.25. The zero-order chi connectivity index (χ0) is 18.7. The number of carboxylic acids is 1. The second-order valence-corrected chi connectivity index (χ2v) is 6.09. The van der Waals surface area contributed by atoms with Crippen molar-refractivity contribution in [1.82, 2.24) is 5.32 Å². The topological polar surface area (TPSA) is 75.6 Å². The summed E-state index contributed by atoms with van der Waals surface area (Å²) in [5, 5.41) is 11.6.